The van der Waals surface area contributed by atoms with Crippen LogP contribution >= 0.6 is 0 Å². The third-order valence-corrected chi connectivity index (χ3v) is 4.26. The molecule has 8 nitrogen and oxygen atoms in total. The summed E-state index contributed by atoms with van der Waals surface area (Å²) in [5, 5.41) is 10.9. The van der Waals surface area contributed by atoms with Crippen molar-refractivity contribution in [3.8, 4) is 5.69 Å². The van der Waals surface area contributed by atoms with E-state index in [1.807, 2.05) is 0 Å². The number of hydrogen-bond acceptors (Lipinski definition) is 6. The standard InChI is InChI=1S/C17H21N5O3/c1-12-7-13(2)9-21(8-12)16(23)10-25-17(24)14-3-5-15(6-4-14)22-11-18-19-20-22/h3-6,11-13H,7-10H2,1-2H3/t12-,13-/m1/s1. The number of carbonyl (C=O) groups is 2. The summed E-state index contributed by atoms with van der Waals surface area (Å²) in [6, 6.07) is 6.66. The second kappa shape index (κ2) is 7.42. The van der Waals surface area contributed by atoms with E-state index < -0.39 is 5.97 Å². The zero-order valence-electron chi connectivity index (χ0n) is 14.3. The van der Waals surface area contributed by atoms with Gasteiger partial charge in [-0.25, -0.2) is 9.48 Å². The van der Waals surface area contributed by atoms with Crippen LogP contribution in [0, 0.1) is 11.8 Å². The molecule has 1 saturated heterocycles. The lowest BCUT2D eigenvalue weighted by molar-refractivity contribution is -0.137. The van der Waals surface area contributed by atoms with Gasteiger partial charge in [0, 0.05) is 13.1 Å². The van der Waals surface area contributed by atoms with E-state index in [1.54, 1.807) is 29.2 Å². The molecule has 1 aliphatic rings. The number of nitrogens with zero attached hydrogens (tertiary/aromatic N) is 5. The molecule has 0 aliphatic carbocycles. The Morgan fingerprint density at radius 2 is 1.84 bits per heavy atom. The van der Waals surface area contributed by atoms with E-state index >= 15 is 0 Å². The Balaban J connectivity index is 1.54. The minimum absolute atomic E-state index is 0.142. The smallest absolute Gasteiger partial charge is 0.338 e. The molecule has 132 valence electrons. The van der Waals surface area contributed by atoms with Crippen LogP contribution in [0.15, 0.2) is 30.6 Å². The summed E-state index contributed by atoms with van der Waals surface area (Å²) in [5.41, 5.74) is 1.11. The van der Waals surface area contributed by atoms with Crippen LogP contribution in [0.2, 0.25) is 0 Å². The second-order valence-electron chi connectivity index (χ2n) is 6.62. The zero-order valence-corrected chi connectivity index (χ0v) is 14.3. The Labute approximate surface area is 145 Å². The highest BCUT2D eigenvalue weighted by Crippen LogP contribution is 2.21. The molecule has 0 unspecified atom stereocenters. The molecule has 2 heterocycles. The van der Waals surface area contributed by atoms with Gasteiger partial charge in [-0.3, -0.25) is 4.79 Å². The maximum Gasteiger partial charge on any atom is 0.338 e. The van der Waals surface area contributed by atoms with Gasteiger partial charge in [-0.05, 0) is 52.9 Å². The molecule has 0 bridgehead atoms. The van der Waals surface area contributed by atoms with Gasteiger partial charge >= 0.3 is 5.97 Å². The van der Waals surface area contributed by atoms with E-state index in [0.717, 1.165) is 25.2 Å². The van der Waals surface area contributed by atoms with Gasteiger partial charge in [0.25, 0.3) is 5.91 Å². The Hall–Kier alpha value is -2.77. The number of tetrazole rings is 1. The summed E-state index contributed by atoms with van der Waals surface area (Å²) in [4.78, 5) is 26.2. The van der Waals surface area contributed by atoms with E-state index in [9.17, 15) is 9.59 Å². The van der Waals surface area contributed by atoms with E-state index in [1.165, 1.54) is 11.0 Å². The molecule has 2 aromatic rings. The number of rotatable bonds is 4. The molecule has 2 atom stereocenters. The highest BCUT2D eigenvalue weighted by atomic mass is 16.5. The van der Waals surface area contributed by atoms with Crippen LogP contribution in [0.3, 0.4) is 0 Å². The quantitative estimate of drug-likeness (QED) is 0.778. The molecule has 3 rings (SSSR count). The average Bonchev–Trinajstić information content (AvgIpc) is 3.13. The van der Waals surface area contributed by atoms with Gasteiger partial charge in [0.1, 0.15) is 6.33 Å². The lowest BCUT2D eigenvalue weighted by atomic mass is 9.92. The van der Waals surface area contributed by atoms with E-state index in [-0.39, 0.29) is 12.5 Å². The molecule has 1 amide bonds. The van der Waals surface area contributed by atoms with Gasteiger partial charge in [-0.15, -0.1) is 5.10 Å². The summed E-state index contributed by atoms with van der Waals surface area (Å²) >= 11 is 0. The number of aromatic nitrogens is 4. The fraction of sp³-hybridized carbons (Fsp3) is 0.471. The zero-order chi connectivity index (χ0) is 17.8. The Morgan fingerprint density at radius 1 is 1.16 bits per heavy atom. The number of benzene rings is 1. The first-order chi connectivity index (χ1) is 12.0. The molecule has 1 aliphatic heterocycles. The van der Waals surface area contributed by atoms with Gasteiger partial charge in [0.2, 0.25) is 0 Å². The fourth-order valence-corrected chi connectivity index (χ4v) is 3.20. The molecule has 0 saturated carbocycles. The third-order valence-electron chi connectivity index (χ3n) is 4.26. The number of esters is 1. The predicted molar refractivity (Wildman–Crippen MR) is 89.0 cm³/mol. The molecule has 1 fully saturated rings. The average molecular weight is 343 g/mol. The molecule has 0 radical (unpaired) electrons. The predicted octanol–water partition coefficient (Wildman–Crippen LogP) is 1.32. The fourth-order valence-electron chi connectivity index (χ4n) is 3.20. The van der Waals surface area contributed by atoms with E-state index in [2.05, 4.69) is 29.4 Å². The highest BCUT2D eigenvalue weighted by molar-refractivity contribution is 5.91. The van der Waals surface area contributed by atoms with Crippen LogP contribution in [-0.2, 0) is 9.53 Å². The van der Waals surface area contributed by atoms with Crippen molar-refractivity contribution in [2.75, 3.05) is 19.7 Å². The minimum Gasteiger partial charge on any atom is -0.452 e. The third kappa shape index (κ3) is 4.20. The molecule has 25 heavy (non-hydrogen) atoms. The van der Waals surface area contributed by atoms with Crippen molar-refractivity contribution < 1.29 is 14.3 Å². The first kappa shape index (κ1) is 17.1. The number of amides is 1. The summed E-state index contributed by atoms with van der Waals surface area (Å²) < 4.78 is 6.65. The van der Waals surface area contributed by atoms with Gasteiger partial charge in [-0.1, -0.05) is 13.8 Å². The summed E-state index contributed by atoms with van der Waals surface area (Å²) in [6.45, 7) is 5.48. The second-order valence-corrected chi connectivity index (χ2v) is 6.62. The maximum atomic E-state index is 12.3. The molecular formula is C17H21N5O3. The number of piperidine rings is 1. The minimum atomic E-state index is -0.519. The summed E-state index contributed by atoms with van der Waals surface area (Å²) in [7, 11) is 0. The topological polar surface area (TPSA) is 90.2 Å². The number of likely N-dealkylation sites (tertiary alicyclic amines) is 1. The van der Waals surface area contributed by atoms with Crippen LogP contribution < -0.4 is 0 Å². The van der Waals surface area contributed by atoms with Crippen LogP contribution in [0.5, 0.6) is 0 Å². The summed E-state index contributed by atoms with van der Waals surface area (Å²) in [6.07, 6.45) is 2.59. The molecule has 8 heteroatoms. The van der Waals surface area contributed by atoms with Crippen LogP contribution in [0.4, 0.5) is 0 Å². The van der Waals surface area contributed by atoms with Gasteiger partial charge in [0.15, 0.2) is 6.61 Å². The number of hydrogen-bond donors (Lipinski definition) is 0. The lowest BCUT2D eigenvalue weighted by Crippen LogP contribution is -2.44. The Morgan fingerprint density at radius 3 is 2.44 bits per heavy atom. The Kier molecular flexibility index (Phi) is 5.06. The molecule has 0 N–H and O–H groups in total. The number of carbonyl (C=O) groups excluding carboxylic acids is 2. The first-order valence-corrected chi connectivity index (χ1v) is 8.31. The SMILES string of the molecule is C[C@@H]1C[C@@H](C)CN(C(=O)COC(=O)c2ccc(-n3cnnn3)cc2)C1. The van der Waals surface area contributed by atoms with Crippen LogP contribution in [-0.4, -0.2) is 56.7 Å². The summed E-state index contributed by atoms with van der Waals surface area (Å²) in [5.74, 6) is 0.288. The molecule has 1 aromatic heterocycles. The first-order valence-electron chi connectivity index (χ1n) is 8.31. The monoisotopic (exact) mass is 343 g/mol. The van der Waals surface area contributed by atoms with Crippen molar-refractivity contribution in [2.24, 2.45) is 11.8 Å². The molecule has 0 spiro atoms. The maximum absolute atomic E-state index is 12.3. The van der Waals surface area contributed by atoms with Crippen molar-refractivity contribution in [1.82, 2.24) is 25.1 Å². The largest absolute Gasteiger partial charge is 0.452 e. The van der Waals surface area contributed by atoms with Crippen molar-refractivity contribution in [3.05, 3.63) is 36.2 Å². The van der Waals surface area contributed by atoms with Gasteiger partial charge in [-0.2, -0.15) is 0 Å². The highest BCUT2D eigenvalue weighted by Gasteiger charge is 2.26. The van der Waals surface area contributed by atoms with Crippen molar-refractivity contribution >= 4 is 11.9 Å². The number of ether oxygens (including phenoxy) is 1. The Bertz CT molecular complexity index is 719. The van der Waals surface area contributed by atoms with Gasteiger partial charge in [0.05, 0.1) is 11.3 Å². The van der Waals surface area contributed by atoms with Crippen molar-refractivity contribution in [2.45, 2.75) is 20.3 Å². The van der Waals surface area contributed by atoms with E-state index in [0.29, 0.717) is 17.4 Å². The van der Waals surface area contributed by atoms with Crippen LogP contribution in [0.25, 0.3) is 5.69 Å². The van der Waals surface area contributed by atoms with Crippen LogP contribution in [0.1, 0.15) is 30.6 Å². The van der Waals surface area contributed by atoms with Gasteiger partial charge < -0.3 is 9.64 Å². The van der Waals surface area contributed by atoms with E-state index in [4.69, 9.17) is 4.74 Å². The molecular weight excluding hydrogens is 322 g/mol. The lowest BCUT2D eigenvalue weighted by Gasteiger charge is -2.34. The molecule has 1 aromatic carbocycles. The van der Waals surface area contributed by atoms with Crippen molar-refractivity contribution in [1.29, 1.82) is 0 Å². The normalized spacial score (nSPS) is 20.3. The van der Waals surface area contributed by atoms with Crippen molar-refractivity contribution in [3.63, 3.8) is 0 Å².